The summed E-state index contributed by atoms with van der Waals surface area (Å²) in [6.07, 6.45) is 8.56. The van der Waals surface area contributed by atoms with Crippen LogP contribution in [0, 0.1) is 5.92 Å². The van der Waals surface area contributed by atoms with Crippen LogP contribution in [0.15, 0.2) is 0 Å². The second kappa shape index (κ2) is 10.2. The van der Waals surface area contributed by atoms with Crippen molar-refractivity contribution in [2.24, 2.45) is 11.7 Å². The molecule has 112 valence electrons. The molecule has 3 N–H and O–H groups in total. The maximum absolute atomic E-state index is 11.8. The molecule has 19 heavy (non-hydrogen) atoms. The topological polar surface area (TPSA) is 64.3 Å². The lowest BCUT2D eigenvalue weighted by molar-refractivity contribution is -0.122. The highest BCUT2D eigenvalue weighted by atomic mass is 16.5. The molecular weight excluding hydrogens is 240 g/mol. The first-order valence-electron chi connectivity index (χ1n) is 7.84. The van der Waals surface area contributed by atoms with E-state index in [9.17, 15) is 4.79 Å². The van der Waals surface area contributed by atoms with Gasteiger partial charge in [0.2, 0.25) is 5.91 Å². The molecule has 1 aliphatic rings. The maximum atomic E-state index is 11.8. The van der Waals surface area contributed by atoms with E-state index in [1.165, 1.54) is 12.8 Å². The number of carbonyl (C=O) groups excluding carboxylic acids is 1. The van der Waals surface area contributed by atoms with Crippen LogP contribution in [0.2, 0.25) is 0 Å². The summed E-state index contributed by atoms with van der Waals surface area (Å²) in [5.41, 5.74) is 5.59. The van der Waals surface area contributed by atoms with Gasteiger partial charge in [-0.1, -0.05) is 13.3 Å². The van der Waals surface area contributed by atoms with Crippen molar-refractivity contribution in [3.8, 4) is 0 Å². The van der Waals surface area contributed by atoms with Gasteiger partial charge in [0, 0.05) is 19.6 Å². The highest BCUT2D eigenvalue weighted by Gasteiger charge is 2.15. The number of hydrogen-bond donors (Lipinski definition) is 2. The van der Waals surface area contributed by atoms with Crippen molar-refractivity contribution in [3.63, 3.8) is 0 Å². The molecule has 4 nitrogen and oxygen atoms in total. The van der Waals surface area contributed by atoms with Crippen molar-refractivity contribution in [3.05, 3.63) is 0 Å². The summed E-state index contributed by atoms with van der Waals surface area (Å²) >= 11 is 0. The Morgan fingerprint density at radius 2 is 2.26 bits per heavy atom. The molecule has 0 bridgehead atoms. The highest BCUT2D eigenvalue weighted by Crippen LogP contribution is 2.17. The molecule has 1 rings (SSSR count). The largest absolute Gasteiger partial charge is 0.378 e. The van der Waals surface area contributed by atoms with Crippen LogP contribution in [0.1, 0.15) is 58.3 Å². The van der Waals surface area contributed by atoms with Crippen LogP contribution in [0.4, 0.5) is 0 Å². The fourth-order valence-electron chi connectivity index (χ4n) is 2.67. The zero-order chi connectivity index (χ0) is 13.9. The number of carbonyl (C=O) groups is 1. The number of hydrogen-bond acceptors (Lipinski definition) is 3. The molecule has 1 saturated heterocycles. The van der Waals surface area contributed by atoms with Gasteiger partial charge < -0.3 is 15.8 Å². The lowest BCUT2D eigenvalue weighted by Crippen LogP contribution is -2.31. The second-order valence-electron chi connectivity index (χ2n) is 5.56. The Morgan fingerprint density at radius 3 is 2.89 bits per heavy atom. The third-order valence-corrected chi connectivity index (χ3v) is 3.83. The molecule has 1 aliphatic heterocycles. The molecule has 0 aromatic carbocycles. The van der Waals surface area contributed by atoms with Crippen molar-refractivity contribution in [2.45, 2.75) is 64.4 Å². The number of nitrogens with one attached hydrogen (secondary N) is 1. The van der Waals surface area contributed by atoms with Gasteiger partial charge in [-0.05, 0) is 51.0 Å². The molecule has 1 fully saturated rings. The Morgan fingerprint density at radius 1 is 1.42 bits per heavy atom. The normalized spacial score (nSPS) is 21.1. The van der Waals surface area contributed by atoms with Crippen molar-refractivity contribution in [2.75, 3.05) is 19.7 Å². The molecule has 0 aromatic rings. The van der Waals surface area contributed by atoms with E-state index in [-0.39, 0.29) is 5.91 Å². The summed E-state index contributed by atoms with van der Waals surface area (Å²) in [7, 11) is 0. The van der Waals surface area contributed by atoms with Gasteiger partial charge in [0.05, 0.1) is 6.10 Å². The lowest BCUT2D eigenvalue weighted by atomic mass is 9.99. The van der Waals surface area contributed by atoms with Crippen molar-refractivity contribution < 1.29 is 9.53 Å². The predicted octanol–water partition coefficient (Wildman–Crippen LogP) is 2.22. The van der Waals surface area contributed by atoms with Crippen LogP contribution in [0.25, 0.3) is 0 Å². The van der Waals surface area contributed by atoms with Gasteiger partial charge in [-0.15, -0.1) is 0 Å². The van der Waals surface area contributed by atoms with Gasteiger partial charge in [-0.3, -0.25) is 4.79 Å². The van der Waals surface area contributed by atoms with E-state index in [0.717, 1.165) is 45.3 Å². The van der Waals surface area contributed by atoms with Crippen molar-refractivity contribution in [1.82, 2.24) is 5.32 Å². The van der Waals surface area contributed by atoms with E-state index in [4.69, 9.17) is 10.5 Å². The molecule has 4 heteroatoms. The minimum absolute atomic E-state index is 0.160. The fourth-order valence-corrected chi connectivity index (χ4v) is 2.67. The van der Waals surface area contributed by atoms with Gasteiger partial charge >= 0.3 is 0 Å². The maximum Gasteiger partial charge on any atom is 0.220 e. The Labute approximate surface area is 117 Å². The van der Waals surface area contributed by atoms with Crippen LogP contribution >= 0.6 is 0 Å². The SMILES string of the molecule is CCCC(CCN)CNC(=O)CCC1CCCCO1. The summed E-state index contributed by atoms with van der Waals surface area (Å²) in [6, 6.07) is 0. The van der Waals surface area contributed by atoms with Gasteiger partial charge in [-0.2, -0.15) is 0 Å². The first-order valence-corrected chi connectivity index (χ1v) is 7.84. The van der Waals surface area contributed by atoms with Crippen LogP contribution < -0.4 is 11.1 Å². The van der Waals surface area contributed by atoms with Crippen LogP contribution in [-0.2, 0) is 9.53 Å². The van der Waals surface area contributed by atoms with Crippen LogP contribution in [-0.4, -0.2) is 31.7 Å². The predicted molar refractivity (Wildman–Crippen MR) is 77.9 cm³/mol. The zero-order valence-corrected chi connectivity index (χ0v) is 12.3. The van der Waals surface area contributed by atoms with Gasteiger partial charge in [0.1, 0.15) is 0 Å². The lowest BCUT2D eigenvalue weighted by Gasteiger charge is -2.22. The molecule has 2 atom stereocenters. The number of amides is 1. The smallest absolute Gasteiger partial charge is 0.220 e. The molecular formula is C15H30N2O2. The number of nitrogens with two attached hydrogens (primary N) is 1. The van der Waals surface area contributed by atoms with Crippen LogP contribution in [0.5, 0.6) is 0 Å². The molecule has 0 aromatic heterocycles. The van der Waals surface area contributed by atoms with Crippen LogP contribution in [0.3, 0.4) is 0 Å². The molecule has 0 spiro atoms. The molecule has 2 unspecified atom stereocenters. The van der Waals surface area contributed by atoms with Gasteiger partial charge in [0.25, 0.3) is 0 Å². The van der Waals surface area contributed by atoms with E-state index < -0.39 is 0 Å². The monoisotopic (exact) mass is 270 g/mol. The van der Waals surface area contributed by atoms with E-state index in [0.29, 0.717) is 25.0 Å². The van der Waals surface area contributed by atoms with E-state index in [2.05, 4.69) is 12.2 Å². The first kappa shape index (κ1) is 16.4. The Bertz CT molecular complexity index is 234. The Balaban J connectivity index is 2.11. The second-order valence-corrected chi connectivity index (χ2v) is 5.56. The first-order chi connectivity index (χ1) is 9.26. The van der Waals surface area contributed by atoms with Crippen molar-refractivity contribution in [1.29, 1.82) is 0 Å². The summed E-state index contributed by atoms with van der Waals surface area (Å²) in [4.78, 5) is 11.8. The Hall–Kier alpha value is -0.610. The average Bonchev–Trinajstić information content (AvgIpc) is 2.44. The van der Waals surface area contributed by atoms with Gasteiger partial charge in [0.15, 0.2) is 0 Å². The highest BCUT2D eigenvalue weighted by molar-refractivity contribution is 5.75. The quantitative estimate of drug-likeness (QED) is 0.675. The summed E-state index contributed by atoms with van der Waals surface area (Å²) in [5.74, 6) is 0.692. The standard InChI is InChI=1S/C15H30N2O2/c1-2-5-13(9-10-16)12-17-15(18)8-7-14-6-3-4-11-19-14/h13-14H,2-12,16H2,1H3,(H,17,18). The molecule has 0 radical (unpaired) electrons. The zero-order valence-electron chi connectivity index (χ0n) is 12.3. The molecule has 0 aliphatic carbocycles. The fraction of sp³-hybridized carbons (Fsp3) is 0.933. The molecule has 0 saturated carbocycles. The van der Waals surface area contributed by atoms with Gasteiger partial charge in [-0.25, -0.2) is 0 Å². The van der Waals surface area contributed by atoms with E-state index in [1.807, 2.05) is 0 Å². The molecule has 1 heterocycles. The minimum atomic E-state index is 0.160. The third-order valence-electron chi connectivity index (χ3n) is 3.83. The average molecular weight is 270 g/mol. The summed E-state index contributed by atoms with van der Waals surface area (Å²) < 4.78 is 5.63. The Kier molecular flexibility index (Phi) is 8.84. The van der Waals surface area contributed by atoms with E-state index in [1.54, 1.807) is 0 Å². The summed E-state index contributed by atoms with van der Waals surface area (Å²) in [5, 5.41) is 3.04. The third kappa shape index (κ3) is 7.53. The minimum Gasteiger partial charge on any atom is -0.378 e. The number of ether oxygens (including phenoxy) is 1. The van der Waals surface area contributed by atoms with E-state index >= 15 is 0 Å². The number of rotatable bonds is 9. The molecule has 1 amide bonds. The van der Waals surface area contributed by atoms with Crippen molar-refractivity contribution >= 4 is 5.91 Å². The summed E-state index contributed by atoms with van der Waals surface area (Å²) in [6.45, 7) is 4.51.